The summed E-state index contributed by atoms with van der Waals surface area (Å²) in [4.78, 5) is 30.4. The van der Waals surface area contributed by atoms with Crippen LogP contribution in [0.25, 0.3) is 0 Å². The second-order valence-corrected chi connectivity index (χ2v) is 5.97. The van der Waals surface area contributed by atoms with Gasteiger partial charge < -0.3 is 13.7 Å². The molecule has 0 aliphatic heterocycles. The average Bonchev–Trinajstić information content (AvgIpc) is 2.71. The van der Waals surface area contributed by atoms with Crippen molar-refractivity contribution in [3.05, 3.63) is 38.0 Å². The Bertz CT molecular complexity index is 765. The number of rotatable bonds is 3. The molecule has 1 radical (unpaired) electrons. The Morgan fingerprint density at radius 3 is 0.786 bits per heavy atom. The van der Waals surface area contributed by atoms with Crippen LogP contribution in [0.5, 0.6) is 0 Å². The van der Waals surface area contributed by atoms with Crippen molar-refractivity contribution in [3.63, 3.8) is 0 Å². The second-order valence-electron chi connectivity index (χ2n) is 3.47. The molecule has 19 heteroatoms. The van der Waals surface area contributed by atoms with Gasteiger partial charge in [-0.1, -0.05) is 0 Å². The van der Waals surface area contributed by atoms with E-state index in [2.05, 4.69) is 44.9 Å². The van der Waals surface area contributed by atoms with E-state index >= 15 is 0 Å². The zero-order valence-corrected chi connectivity index (χ0v) is 16.8. The summed E-state index contributed by atoms with van der Waals surface area (Å²) in [6.45, 7) is 0. The Hall–Kier alpha value is -2.11. The summed E-state index contributed by atoms with van der Waals surface area (Å²) in [7, 11) is 0. The van der Waals surface area contributed by atoms with Gasteiger partial charge in [0.05, 0.1) is 0 Å². The summed E-state index contributed by atoms with van der Waals surface area (Å²) in [5.74, 6) is 0. The van der Waals surface area contributed by atoms with Gasteiger partial charge >= 0.3 is 17.4 Å². The third-order valence-electron chi connectivity index (χ3n) is 1.86. The van der Waals surface area contributed by atoms with E-state index in [9.17, 15) is 26.3 Å². The monoisotopic (exact) mass is 484 g/mol. The fourth-order valence-corrected chi connectivity index (χ4v) is 1.74. The number of hydrogen-bond donors (Lipinski definition) is 0. The molecule has 0 N–H and O–H groups in total. The predicted octanol–water partition coefficient (Wildman–Crippen LogP) is -2.67. The van der Waals surface area contributed by atoms with E-state index in [-0.39, 0.29) is 32.8 Å². The van der Waals surface area contributed by atoms with Crippen LogP contribution in [-0.4, -0.2) is 71.1 Å². The zero-order chi connectivity index (χ0) is 20.1. The van der Waals surface area contributed by atoms with Crippen molar-refractivity contribution in [2.75, 3.05) is 0 Å². The molecule has 3 heterocycles. The van der Waals surface area contributed by atoms with Crippen molar-refractivity contribution in [1.29, 1.82) is 0 Å². The van der Waals surface area contributed by atoms with Crippen LogP contribution in [0.4, 0.5) is 0 Å². The molecule has 0 saturated carbocycles. The van der Waals surface area contributed by atoms with Crippen LogP contribution in [-0.2, 0) is 50.6 Å². The molecule has 0 saturated heterocycles. The molecule has 0 aliphatic rings. The SMILES string of the molecule is O=S([O-])c1ncncn1.O=S([O-])c1ncncn1.O=S([O-])c1ncncn1.[Cr+3]. The van der Waals surface area contributed by atoms with Gasteiger partial charge in [0.1, 0.15) is 38.0 Å². The van der Waals surface area contributed by atoms with Crippen molar-refractivity contribution in [3.8, 4) is 0 Å². The fraction of sp³-hybridized carbons (Fsp3) is 0. The van der Waals surface area contributed by atoms with Crippen LogP contribution in [0.1, 0.15) is 0 Å². The molecular formula is C9H6CrN9O6S3. The van der Waals surface area contributed by atoms with Crippen molar-refractivity contribution >= 4 is 33.2 Å². The van der Waals surface area contributed by atoms with E-state index in [1.54, 1.807) is 0 Å². The minimum atomic E-state index is -2.34. The van der Waals surface area contributed by atoms with Gasteiger partial charge in [-0.2, -0.15) is 0 Å². The van der Waals surface area contributed by atoms with Gasteiger partial charge in [-0.25, -0.2) is 44.9 Å². The normalized spacial score (nSPS) is 12.5. The summed E-state index contributed by atoms with van der Waals surface area (Å²) in [5.41, 5.74) is 0. The average molecular weight is 484 g/mol. The van der Waals surface area contributed by atoms with E-state index in [1.807, 2.05) is 0 Å². The van der Waals surface area contributed by atoms with Crippen LogP contribution in [0.15, 0.2) is 53.4 Å². The maximum absolute atomic E-state index is 10.0. The molecule has 3 rings (SSSR count). The van der Waals surface area contributed by atoms with Gasteiger partial charge in [-0.05, 0) is 0 Å². The molecule has 0 amide bonds. The van der Waals surface area contributed by atoms with E-state index in [4.69, 9.17) is 0 Å². The fourth-order valence-electron chi connectivity index (χ4n) is 0.944. The molecule has 147 valence electrons. The Morgan fingerprint density at radius 2 is 0.679 bits per heavy atom. The smallest absolute Gasteiger partial charge is 0.766 e. The van der Waals surface area contributed by atoms with Gasteiger partial charge in [-0.3, -0.25) is 12.6 Å². The molecule has 3 aromatic rings. The van der Waals surface area contributed by atoms with Crippen LogP contribution in [0.2, 0.25) is 0 Å². The molecule has 0 fully saturated rings. The van der Waals surface area contributed by atoms with Gasteiger partial charge in [0.15, 0.2) is 0 Å². The largest absolute Gasteiger partial charge is 3.00 e. The van der Waals surface area contributed by atoms with E-state index in [0.717, 1.165) is 38.0 Å². The Kier molecular flexibility index (Phi) is 13.8. The Labute approximate surface area is 175 Å². The molecule has 15 nitrogen and oxygen atoms in total. The van der Waals surface area contributed by atoms with Crippen molar-refractivity contribution in [2.45, 2.75) is 15.5 Å². The predicted molar refractivity (Wildman–Crippen MR) is 81.0 cm³/mol. The molecule has 3 aromatic heterocycles. The summed E-state index contributed by atoms with van der Waals surface area (Å²) in [6, 6.07) is 0. The minimum absolute atomic E-state index is 0. The number of hydrogen-bond acceptors (Lipinski definition) is 15. The quantitative estimate of drug-likeness (QED) is 0.344. The third kappa shape index (κ3) is 10.9. The van der Waals surface area contributed by atoms with Gasteiger partial charge in [0.2, 0.25) is 15.5 Å². The van der Waals surface area contributed by atoms with Crippen LogP contribution in [0.3, 0.4) is 0 Å². The Morgan fingerprint density at radius 1 is 0.500 bits per heavy atom. The molecule has 3 atom stereocenters. The summed E-state index contributed by atoms with van der Waals surface area (Å²) in [5, 5.41) is -0.694. The van der Waals surface area contributed by atoms with Crippen LogP contribution in [0, 0.1) is 0 Å². The van der Waals surface area contributed by atoms with Crippen molar-refractivity contribution < 1.29 is 43.6 Å². The number of aromatic nitrogens is 9. The molecule has 28 heavy (non-hydrogen) atoms. The molecular weight excluding hydrogens is 478 g/mol. The first kappa shape index (κ1) is 25.9. The maximum atomic E-state index is 10.0. The maximum Gasteiger partial charge on any atom is 3.00 e. The van der Waals surface area contributed by atoms with Gasteiger partial charge in [0, 0.05) is 33.2 Å². The standard InChI is InChI=1S/3C3H3N3O2S.Cr/c3*7-9(8)3-5-1-4-2-6-3;/h3*1-2H,(H,7,8);/q;;;+3/p-3. The van der Waals surface area contributed by atoms with Crippen molar-refractivity contribution in [1.82, 2.24) is 44.9 Å². The van der Waals surface area contributed by atoms with E-state index in [0.29, 0.717) is 0 Å². The van der Waals surface area contributed by atoms with E-state index in [1.165, 1.54) is 0 Å². The second kappa shape index (κ2) is 14.9. The molecule has 0 aliphatic carbocycles. The zero-order valence-electron chi connectivity index (χ0n) is 13.1. The summed E-state index contributed by atoms with van der Waals surface area (Å²) in [6.07, 6.45) is 6.74. The first-order valence-corrected chi connectivity index (χ1v) is 9.28. The van der Waals surface area contributed by atoms with Gasteiger partial charge in [0.25, 0.3) is 0 Å². The topological polar surface area (TPSA) is 236 Å². The van der Waals surface area contributed by atoms with Gasteiger partial charge in [-0.15, -0.1) is 0 Å². The molecule has 0 aromatic carbocycles. The van der Waals surface area contributed by atoms with Crippen LogP contribution >= 0.6 is 0 Å². The molecule has 0 spiro atoms. The minimum Gasteiger partial charge on any atom is -0.766 e. The summed E-state index contributed by atoms with van der Waals surface area (Å²) >= 11 is -7.02. The molecule has 0 bridgehead atoms. The van der Waals surface area contributed by atoms with Crippen molar-refractivity contribution in [2.24, 2.45) is 0 Å². The first-order valence-electron chi connectivity index (χ1n) is 6.05. The van der Waals surface area contributed by atoms with E-state index < -0.39 is 33.2 Å². The number of nitrogens with zero attached hydrogens (tertiary/aromatic N) is 9. The molecule has 3 unspecified atom stereocenters. The Balaban J connectivity index is 0.000000384. The third-order valence-corrected chi connectivity index (χ3v) is 3.38. The summed E-state index contributed by atoms with van der Waals surface area (Å²) < 4.78 is 60.3. The first-order chi connectivity index (χ1) is 12.9. The van der Waals surface area contributed by atoms with Crippen LogP contribution < -0.4 is 0 Å².